The zero-order valence-corrected chi connectivity index (χ0v) is 17.4. The van der Waals surface area contributed by atoms with Crippen LogP contribution in [0, 0.1) is 11.3 Å². The van der Waals surface area contributed by atoms with E-state index in [4.69, 9.17) is 0 Å². The second-order valence-corrected chi connectivity index (χ2v) is 7.96. The number of para-hydroxylation sites is 1. The molecule has 4 rings (SSSR count). The van der Waals surface area contributed by atoms with Crippen LogP contribution in [0.25, 0.3) is 0 Å². The van der Waals surface area contributed by atoms with Crippen LogP contribution in [-0.4, -0.2) is 48.0 Å². The first-order valence-electron chi connectivity index (χ1n) is 9.76. The van der Waals surface area contributed by atoms with Gasteiger partial charge in [0.05, 0.1) is 15.4 Å². The van der Waals surface area contributed by atoms with Crippen molar-refractivity contribution in [2.45, 2.75) is 0 Å². The Bertz CT molecular complexity index is 1120. The number of pyridine rings is 1. The van der Waals surface area contributed by atoms with E-state index in [1.54, 1.807) is 47.5 Å². The molecule has 9 heteroatoms. The zero-order chi connectivity index (χ0) is 21.6. The Hall–Kier alpha value is -3.90. The average Bonchev–Trinajstić information content (AvgIpc) is 3.27. The van der Waals surface area contributed by atoms with Crippen molar-refractivity contribution in [3.63, 3.8) is 0 Å². The number of aromatic nitrogens is 1. The van der Waals surface area contributed by atoms with Crippen LogP contribution in [0.2, 0.25) is 0 Å². The normalized spacial score (nSPS) is 13.4. The predicted molar refractivity (Wildman–Crippen MR) is 120 cm³/mol. The van der Waals surface area contributed by atoms with Gasteiger partial charge in [0.2, 0.25) is 0 Å². The summed E-state index contributed by atoms with van der Waals surface area (Å²) < 4.78 is 0. The van der Waals surface area contributed by atoms with Gasteiger partial charge in [0.25, 0.3) is 5.91 Å². The van der Waals surface area contributed by atoms with E-state index in [1.807, 2.05) is 23.1 Å². The molecule has 1 fully saturated rings. The number of nitriles is 1. The lowest BCUT2D eigenvalue weighted by molar-refractivity contribution is 0.0751. The Morgan fingerprint density at radius 3 is 2.48 bits per heavy atom. The summed E-state index contributed by atoms with van der Waals surface area (Å²) in [6.07, 6.45) is 1.67. The number of amides is 3. The minimum atomic E-state index is -0.357. The Kier molecular flexibility index (Phi) is 6.10. The summed E-state index contributed by atoms with van der Waals surface area (Å²) in [4.78, 5) is 33.7. The molecule has 3 heterocycles. The highest BCUT2D eigenvalue weighted by atomic mass is 32.1. The SMILES string of the molecule is N#Cc1cccnc1N1CCN(C(=O)c2ccc(NC(=O)Nc3ccccc3)s2)CC1. The van der Waals surface area contributed by atoms with Crippen LogP contribution in [0.5, 0.6) is 0 Å². The fourth-order valence-electron chi connectivity index (χ4n) is 3.33. The highest BCUT2D eigenvalue weighted by Crippen LogP contribution is 2.25. The Labute approximate surface area is 183 Å². The Morgan fingerprint density at radius 1 is 0.968 bits per heavy atom. The molecular weight excluding hydrogens is 412 g/mol. The van der Waals surface area contributed by atoms with Crippen molar-refractivity contribution in [1.82, 2.24) is 9.88 Å². The maximum atomic E-state index is 12.9. The minimum absolute atomic E-state index is 0.0669. The number of nitrogens with zero attached hydrogens (tertiary/aromatic N) is 4. The summed E-state index contributed by atoms with van der Waals surface area (Å²) in [6, 6.07) is 17.9. The van der Waals surface area contributed by atoms with E-state index in [0.717, 1.165) is 0 Å². The third-order valence-electron chi connectivity index (χ3n) is 4.86. The fraction of sp³-hybridized carbons (Fsp3) is 0.182. The maximum Gasteiger partial charge on any atom is 0.324 e. The molecule has 1 aliphatic heterocycles. The largest absolute Gasteiger partial charge is 0.352 e. The van der Waals surface area contributed by atoms with Gasteiger partial charge in [0.15, 0.2) is 0 Å². The second-order valence-electron chi connectivity index (χ2n) is 6.87. The van der Waals surface area contributed by atoms with Gasteiger partial charge in [-0.2, -0.15) is 5.26 Å². The quantitative estimate of drug-likeness (QED) is 0.656. The summed E-state index contributed by atoms with van der Waals surface area (Å²) in [6.45, 7) is 2.28. The lowest BCUT2D eigenvalue weighted by atomic mass is 10.2. The predicted octanol–water partition coefficient (Wildman–Crippen LogP) is 3.62. The minimum Gasteiger partial charge on any atom is -0.352 e. The van der Waals surface area contributed by atoms with Crippen LogP contribution in [0.15, 0.2) is 60.8 Å². The van der Waals surface area contributed by atoms with Crippen molar-refractivity contribution in [2.75, 3.05) is 41.7 Å². The highest BCUT2D eigenvalue weighted by Gasteiger charge is 2.25. The molecule has 3 amide bonds. The Morgan fingerprint density at radius 2 is 1.74 bits per heavy atom. The maximum absolute atomic E-state index is 12.9. The molecular formula is C22H20N6O2S. The first kappa shape index (κ1) is 20.4. The number of urea groups is 1. The molecule has 1 saturated heterocycles. The molecule has 31 heavy (non-hydrogen) atoms. The van der Waals surface area contributed by atoms with Gasteiger partial charge in [-0.1, -0.05) is 18.2 Å². The topological polar surface area (TPSA) is 101 Å². The van der Waals surface area contributed by atoms with Crippen molar-refractivity contribution in [3.8, 4) is 6.07 Å². The van der Waals surface area contributed by atoms with Crippen LogP contribution in [0.4, 0.5) is 21.3 Å². The number of hydrogen-bond acceptors (Lipinski definition) is 6. The molecule has 2 N–H and O–H groups in total. The monoisotopic (exact) mass is 432 g/mol. The van der Waals surface area contributed by atoms with Crippen molar-refractivity contribution in [3.05, 3.63) is 71.2 Å². The van der Waals surface area contributed by atoms with Crippen molar-refractivity contribution < 1.29 is 9.59 Å². The average molecular weight is 433 g/mol. The molecule has 0 atom stereocenters. The number of carbonyl (C=O) groups is 2. The number of benzene rings is 1. The van der Waals surface area contributed by atoms with E-state index in [2.05, 4.69) is 21.7 Å². The van der Waals surface area contributed by atoms with E-state index in [9.17, 15) is 14.9 Å². The lowest BCUT2D eigenvalue weighted by Gasteiger charge is -2.35. The van der Waals surface area contributed by atoms with E-state index in [-0.39, 0.29) is 11.9 Å². The van der Waals surface area contributed by atoms with E-state index in [0.29, 0.717) is 53.1 Å². The third-order valence-corrected chi connectivity index (χ3v) is 5.85. The molecule has 1 aromatic carbocycles. The van der Waals surface area contributed by atoms with Crippen LogP contribution in [0.1, 0.15) is 15.2 Å². The number of thiophene rings is 1. The summed E-state index contributed by atoms with van der Waals surface area (Å²) >= 11 is 1.24. The smallest absolute Gasteiger partial charge is 0.324 e. The molecule has 0 unspecified atom stereocenters. The van der Waals surface area contributed by atoms with Crippen LogP contribution < -0.4 is 15.5 Å². The van der Waals surface area contributed by atoms with Crippen molar-refractivity contribution in [1.29, 1.82) is 5.26 Å². The molecule has 0 bridgehead atoms. The molecule has 0 radical (unpaired) electrons. The van der Waals surface area contributed by atoms with E-state index < -0.39 is 0 Å². The summed E-state index contributed by atoms with van der Waals surface area (Å²) in [5.41, 5.74) is 1.23. The second kappa shape index (κ2) is 9.28. The third kappa shape index (κ3) is 4.82. The number of hydrogen-bond donors (Lipinski definition) is 2. The zero-order valence-electron chi connectivity index (χ0n) is 16.6. The Balaban J connectivity index is 1.33. The molecule has 3 aromatic rings. The van der Waals surface area contributed by atoms with Gasteiger partial charge in [0, 0.05) is 38.1 Å². The van der Waals surface area contributed by atoms with Gasteiger partial charge < -0.3 is 15.1 Å². The highest BCUT2D eigenvalue weighted by molar-refractivity contribution is 7.18. The van der Waals surface area contributed by atoms with Gasteiger partial charge in [-0.3, -0.25) is 10.1 Å². The van der Waals surface area contributed by atoms with Crippen LogP contribution >= 0.6 is 11.3 Å². The summed E-state index contributed by atoms with van der Waals surface area (Å²) in [5.74, 6) is 0.590. The number of anilines is 3. The van der Waals surface area contributed by atoms with E-state index in [1.165, 1.54) is 11.3 Å². The molecule has 0 spiro atoms. The number of carbonyl (C=O) groups excluding carboxylic acids is 2. The number of rotatable bonds is 4. The molecule has 156 valence electrons. The molecule has 8 nitrogen and oxygen atoms in total. The number of piperazine rings is 1. The number of nitrogens with one attached hydrogen (secondary N) is 2. The first-order chi connectivity index (χ1) is 15.1. The molecule has 0 aliphatic carbocycles. The fourth-order valence-corrected chi connectivity index (χ4v) is 4.20. The van der Waals surface area contributed by atoms with Crippen LogP contribution in [-0.2, 0) is 0 Å². The lowest BCUT2D eigenvalue weighted by Crippen LogP contribution is -2.49. The van der Waals surface area contributed by atoms with E-state index >= 15 is 0 Å². The molecule has 2 aromatic heterocycles. The van der Waals surface area contributed by atoms with Crippen molar-refractivity contribution >= 4 is 39.8 Å². The summed E-state index contributed by atoms with van der Waals surface area (Å²) in [5, 5.41) is 15.4. The van der Waals surface area contributed by atoms with Crippen molar-refractivity contribution in [2.24, 2.45) is 0 Å². The molecule has 0 saturated carbocycles. The first-order valence-corrected chi connectivity index (χ1v) is 10.6. The molecule has 1 aliphatic rings. The standard InChI is InChI=1S/C22H20N6O2S/c23-15-16-5-4-10-24-20(16)27-11-13-28(14-12-27)21(29)18-8-9-19(31-18)26-22(30)25-17-6-2-1-3-7-17/h1-10H,11-14H2,(H2,25,26,30). The van der Waals surface area contributed by atoms with Gasteiger partial charge in [-0.15, -0.1) is 11.3 Å². The van der Waals surface area contributed by atoms with Crippen LogP contribution in [0.3, 0.4) is 0 Å². The van der Waals surface area contributed by atoms with Gasteiger partial charge in [0.1, 0.15) is 11.9 Å². The summed E-state index contributed by atoms with van der Waals surface area (Å²) in [7, 11) is 0. The van der Waals surface area contributed by atoms with Gasteiger partial charge >= 0.3 is 6.03 Å². The van der Waals surface area contributed by atoms with Gasteiger partial charge in [-0.05, 0) is 36.4 Å². The van der Waals surface area contributed by atoms with Gasteiger partial charge in [-0.25, -0.2) is 9.78 Å².